The average molecular weight is 204 g/mol. The van der Waals surface area contributed by atoms with Crippen LogP contribution in [0.4, 0.5) is 0 Å². The number of nitrogens with zero attached hydrogens (tertiary/aromatic N) is 1. The average Bonchev–Trinajstić information content (AvgIpc) is 2.53. The fourth-order valence-corrected chi connectivity index (χ4v) is 1.70. The first-order valence-corrected chi connectivity index (χ1v) is 4.34. The Labute approximate surface area is 82.8 Å². The molecule has 1 saturated heterocycles. The standard InChI is InChI=1S/C8H13N3O.ClH/c12-8-10-5-6-11(8)7-1-3-9-4-2-7;/h5-7,9H,1-4H2,(H,10,12);1H. The lowest BCUT2D eigenvalue weighted by atomic mass is 10.1. The molecule has 1 fully saturated rings. The SMILES string of the molecule is Cl.O=c1[nH]ccn1C1CCNCC1. The zero-order valence-corrected chi connectivity index (χ0v) is 8.14. The van der Waals surface area contributed by atoms with Crippen molar-refractivity contribution in [2.75, 3.05) is 13.1 Å². The molecular formula is C8H14ClN3O. The molecule has 0 atom stereocenters. The largest absolute Gasteiger partial charge is 0.325 e. The van der Waals surface area contributed by atoms with Crippen LogP contribution in [0.2, 0.25) is 0 Å². The maximum atomic E-state index is 11.2. The first-order valence-electron chi connectivity index (χ1n) is 4.34. The highest BCUT2D eigenvalue weighted by molar-refractivity contribution is 5.85. The van der Waals surface area contributed by atoms with E-state index in [0.29, 0.717) is 6.04 Å². The monoisotopic (exact) mass is 203 g/mol. The van der Waals surface area contributed by atoms with Crippen molar-refractivity contribution in [2.45, 2.75) is 18.9 Å². The second-order valence-corrected chi connectivity index (χ2v) is 3.15. The zero-order chi connectivity index (χ0) is 8.39. The van der Waals surface area contributed by atoms with Crippen molar-refractivity contribution in [3.63, 3.8) is 0 Å². The molecule has 0 unspecified atom stereocenters. The van der Waals surface area contributed by atoms with Crippen LogP contribution in [0.15, 0.2) is 17.2 Å². The maximum absolute atomic E-state index is 11.2. The van der Waals surface area contributed by atoms with Crippen LogP contribution in [-0.2, 0) is 0 Å². The van der Waals surface area contributed by atoms with Gasteiger partial charge < -0.3 is 10.3 Å². The van der Waals surface area contributed by atoms with Gasteiger partial charge in [0.1, 0.15) is 0 Å². The highest BCUT2D eigenvalue weighted by Gasteiger charge is 2.15. The molecule has 1 aromatic heterocycles. The third-order valence-electron chi connectivity index (χ3n) is 2.38. The molecular weight excluding hydrogens is 190 g/mol. The van der Waals surface area contributed by atoms with Gasteiger partial charge in [0, 0.05) is 18.4 Å². The molecule has 0 bridgehead atoms. The lowest BCUT2D eigenvalue weighted by Gasteiger charge is -2.22. The molecule has 4 nitrogen and oxygen atoms in total. The van der Waals surface area contributed by atoms with Crippen molar-refractivity contribution < 1.29 is 0 Å². The fraction of sp³-hybridized carbons (Fsp3) is 0.625. The van der Waals surface area contributed by atoms with Crippen molar-refractivity contribution in [3.8, 4) is 0 Å². The van der Waals surface area contributed by atoms with Crippen LogP contribution >= 0.6 is 12.4 Å². The number of halogens is 1. The predicted molar refractivity (Wildman–Crippen MR) is 53.4 cm³/mol. The molecule has 1 aliphatic heterocycles. The van der Waals surface area contributed by atoms with E-state index in [4.69, 9.17) is 0 Å². The Balaban J connectivity index is 0.000000845. The Kier molecular flexibility index (Phi) is 3.57. The number of piperidine rings is 1. The topological polar surface area (TPSA) is 49.8 Å². The van der Waals surface area contributed by atoms with Gasteiger partial charge in [0.2, 0.25) is 0 Å². The highest BCUT2D eigenvalue weighted by atomic mass is 35.5. The minimum atomic E-state index is 0. The van der Waals surface area contributed by atoms with Gasteiger partial charge in [-0.15, -0.1) is 12.4 Å². The summed E-state index contributed by atoms with van der Waals surface area (Å²) in [6.07, 6.45) is 5.64. The molecule has 74 valence electrons. The number of nitrogens with one attached hydrogen (secondary N) is 2. The Morgan fingerprint density at radius 2 is 2.08 bits per heavy atom. The van der Waals surface area contributed by atoms with Gasteiger partial charge in [0.15, 0.2) is 0 Å². The Morgan fingerprint density at radius 3 is 2.62 bits per heavy atom. The fourth-order valence-electron chi connectivity index (χ4n) is 1.70. The minimum Gasteiger partial charge on any atom is -0.317 e. The van der Waals surface area contributed by atoms with Crippen LogP contribution in [0.3, 0.4) is 0 Å². The van der Waals surface area contributed by atoms with Crippen LogP contribution < -0.4 is 11.0 Å². The van der Waals surface area contributed by atoms with Crippen LogP contribution in [-0.4, -0.2) is 22.6 Å². The number of hydrogen-bond acceptors (Lipinski definition) is 2. The van der Waals surface area contributed by atoms with Gasteiger partial charge in [-0.3, -0.25) is 4.57 Å². The van der Waals surface area contributed by atoms with Gasteiger partial charge in [0.05, 0.1) is 0 Å². The summed E-state index contributed by atoms with van der Waals surface area (Å²) in [4.78, 5) is 13.9. The van der Waals surface area contributed by atoms with Crippen LogP contribution in [0.5, 0.6) is 0 Å². The van der Waals surface area contributed by atoms with Crippen molar-refractivity contribution >= 4 is 12.4 Å². The van der Waals surface area contributed by atoms with Gasteiger partial charge in [-0.05, 0) is 25.9 Å². The van der Waals surface area contributed by atoms with Gasteiger partial charge in [-0.25, -0.2) is 4.79 Å². The lowest BCUT2D eigenvalue weighted by molar-refractivity contribution is 0.361. The van der Waals surface area contributed by atoms with Crippen LogP contribution in [0, 0.1) is 0 Å². The van der Waals surface area contributed by atoms with E-state index in [1.165, 1.54) is 0 Å². The van der Waals surface area contributed by atoms with Crippen molar-refractivity contribution in [3.05, 3.63) is 22.9 Å². The van der Waals surface area contributed by atoms with Crippen molar-refractivity contribution in [1.29, 1.82) is 0 Å². The number of imidazole rings is 1. The lowest BCUT2D eigenvalue weighted by Crippen LogP contribution is -2.32. The summed E-state index contributed by atoms with van der Waals surface area (Å²) in [6, 6.07) is 0.394. The number of hydrogen-bond donors (Lipinski definition) is 2. The number of aromatic nitrogens is 2. The van der Waals surface area contributed by atoms with Gasteiger partial charge >= 0.3 is 5.69 Å². The van der Waals surface area contributed by atoms with E-state index in [1.54, 1.807) is 10.8 Å². The van der Waals surface area contributed by atoms with Gasteiger partial charge in [0.25, 0.3) is 0 Å². The van der Waals surface area contributed by atoms with Gasteiger partial charge in [-0.2, -0.15) is 0 Å². The predicted octanol–water partition coefficient (Wildman–Crippen LogP) is 0.523. The van der Waals surface area contributed by atoms with Crippen LogP contribution in [0.25, 0.3) is 0 Å². The molecule has 2 heterocycles. The first kappa shape index (κ1) is 10.3. The molecule has 5 heteroatoms. The quantitative estimate of drug-likeness (QED) is 0.700. The van der Waals surface area contributed by atoms with Crippen molar-refractivity contribution in [2.24, 2.45) is 0 Å². The summed E-state index contributed by atoms with van der Waals surface area (Å²) in [6.45, 7) is 2.03. The normalized spacial score (nSPS) is 18.2. The van der Waals surface area contributed by atoms with Crippen LogP contribution in [0.1, 0.15) is 18.9 Å². The third-order valence-corrected chi connectivity index (χ3v) is 2.38. The molecule has 2 N–H and O–H groups in total. The summed E-state index contributed by atoms with van der Waals surface area (Å²) in [5.41, 5.74) is 0.0156. The molecule has 1 aliphatic rings. The summed E-state index contributed by atoms with van der Waals surface area (Å²) >= 11 is 0. The zero-order valence-electron chi connectivity index (χ0n) is 7.32. The summed E-state index contributed by atoms with van der Waals surface area (Å²) in [5.74, 6) is 0. The van der Waals surface area contributed by atoms with E-state index < -0.39 is 0 Å². The highest BCUT2D eigenvalue weighted by Crippen LogP contribution is 2.15. The van der Waals surface area contributed by atoms with E-state index in [0.717, 1.165) is 25.9 Å². The number of H-pyrrole nitrogens is 1. The van der Waals surface area contributed by atoms with Gasteiger partial charge in [-0.1, -0.05) is 0 Å². The van der Waals surface area contributed by atoms with E-state index in [2.05, 4.69) is 10.3 Å². The van der Waals surface area contributed by atoms with Crippen molar-refractivity contribution in [1.82, 2.24) is 14.9 Å². The second kappa shape index (κ2) is 4.48. The Hall–Kier alpha value is -0.740. The second-order valence-electron chi connectivity index (χ2n) is 3.15. The van der Waals surface area contributed by atoms with E-state index in [1.807, 2.05) is 6.20 Å². The molecule has 0 aliphatic carbocycles. The molecule has 0 radical (unpaired) electrons. The summed E-state index contributed by atoms with van der Waals surface area (Å²) in [5, 5.41) is 3.27. The Morgan fingerprint density at radius 1 is 1.38 bits per heavy atom. The third kappa shape index (κ3) is 2.14. The Bertz CT molecular complexity index is 300. The maximum Gasteiger partial charge on any atom is 0.325 e. The smallest absolute Gasteiger partial charge is 0.317 e. The first-order chi connectivity index (χ1) is 5.88. The molecule has 13 heavy (non-hydrogen) atoms. The summed E-state index contributed by atoms with van der Waals surface area (Å²) in [7, 11) is 0. The molecule has 2 rings (SSSR count). The molecule has 0 spiro atoms. The minimum absolute atomic E-state index is 0. The summed E-state index contributed by atoms with van der Waals surface area (Å²) < 4.78 is 1.79. The van der Waals surface area contributed by atoms with E-state index in [9.17, 15) is 4.79 Å². The number of rotatable bonds is 1. The number of aromatic amines is 1. The molecule has 0 saturated carbocycles. The molecule has 0 amide bonds. The molecule has 0 aromatic carbocycles. The van der Waals surface area contributed by atoms with E-state index in [-0.39, 0.29) is 18.1 Å². The molecule has 1 aromatic rings. The van der Waals surface area contributed by atoms with E-state index >= 15 is 0 Å².